The lowest BCUT2D eigenvalue weighted by atomic mass is 10.0. The normalized spacial score (nSPS) is 11.0. The van der Waals surface area contributed by atoms with Crippen molar-refractivity contribution >= 4 is 28.2 Å². The second-order valence-corrected chi connectivity index (χ2v) is 11.3. The van der Waals surface area contributed by atoms with Gasteiger partial charge in [-0.1, -0.05) is 127 Å². The van der Waals surface area contributed by atoms with Gasteiger partial charge in [-0.2, -0.15) is 0 Å². The number of hydrogen-bond acceptors (Lipinski definition) is 3. The minimum absolute atomic E-state index is 0.622. The molecule has 8 aromatic rings. The van der Waals surface area contributed by atoms with Crippen molar-refractivity contribution in [2.75, 3.05) is 4.90 Å². The maximum atomic E-state index is 6.40. The Kier molecular flexibility index (Phi) is 7.18. The van der Waals surface area contributed by atoms with Crippen molar-refractivity contribution < 1.29 is 4.42 Å². The Morgan fingerprint density at radius 1 is 0.370 bits per heavy atom. The Hall–Kier alpha value is -6.19. The highest BCUT2D eigenvalue weighted by molar-refractivity contribution is 5.93. The van der Waals surface area contributed by atoms with E-state index >= 15 is 0 Å². The molecule has 218 valence electrons. The average Bonchev–Trinajstić information content (AvgIpc) is 3.59. The lowest BCUT2D eigenvalue weighted by molar-refractivity contribution is 0.621. The predicted molar refractivity (Wildman–Crippen MR) is 190 cm³/mol. The van der Waals surface area contributed by atoms with Gasteiger partial charge in [-0.25, -0.2) is 4.98 Å². The smallest absolute Gasteiger partial charge is 0.227 e. The third-order valence-electron chi connectivity index (χ3n) is 8.30. The Morgan fingerprint density at radius 2 is 0.870 bits per heavy atom. The van der Waals surface area contributed by atoms with Crippen molar-refractivity contribution in [3.05, 3.63) is 182 Å². The van der Waals surface area contributed by atoms with Crippen LogP contribution in [0.1, 0.15) is 0 Å². The molecule has 0 N–H and O–H groups in total. The number of benzene rings is 7. The third kappa shape index (κ3) is 5.36. The molecule has 0 bridgehead atoms. The summed E-state index contributed by atoms with van der Waals surface area (Å²) in [7, 11) is 0. The second kappa shape index (κ2) is 12.1. The Morgan fingerprint density at radius 3 is 1.52 bits per heavy atom. The topological polar surface area (TPSA) is 29.3 Å². The molecule has 1 heterocycles. The van der Waals surface area contributed by atoms with Crippen molar-refractivity contribution in [1.82, 2.24) is 4.98 Å². The van der Waals surface area contributed by atoms with Gasteiger partial charge in [0.1, 0.15) is 5.52 Å². The van der Waals surface area contributed by atoms with E-state index in [1.54, 1.807) is 0 Å². The first-order chi connectivity index (χ1) is 22.8. The van der Waals surface area contributed by atoms with Crippen LogP contribution >= 0.6 is 0 Å². The van der Waals surface area contributed by atoms with Crippen LogP contribution in [0.3, 0.4) is 0 Å². The molecule has 0 amide bonds. The van der Waals surface area contributed by atoms with Crippen molar-refractivity contribution in [1.29, 1.82) is 0 Å². The van der Waals surface area contributed by atoms with Gasteiger partial charge >= 0.3 is 0 Å². The molecule has 46 heavy (non-hydrogen) atoms. The summed E-state index contributed by atoms with van der Waals surface area (Å²) in [5.41, 5.74) is 12.6. The van der Waals surface area contributed by atoms with E-state index in [1.807, 2.05) is 48.5 Å². The van der Waals surface area contributed by atoms with Crippen LogP contribution in [-0.4, -0.2) is 4.98 Å². The van der Waals surface area contributed by atoms with Gasteiger partial charge in [-0.15, -0.1) is 0 Å². The lowest BCUT2D eigenvalue weighted by Crippen LogP contribution is -2.10. The lowest BCUT2D eigenvalue weighted by Gasteiger charge is -2.27. The highest BCUT2D eigenvalue weighted by Gasteiger charge is 2.17. The molecule has 0 atom stereocenters. The maximum absolute atomic E-state index is 6.40. The molecular formula is C43H30N2O. The van der Waals surface area contributed by atoms with Crippen LogP contribution in [0, 0.1) is 0 Å². The van der Waals surface area contributed by atoms with Crippen LogP contribution in [-0.2, 0) is 0 Å². The average molecular weight is 591 g/mol. The molecule has 0 saturated carbocycles. The number of fused-ring (bicyclic) bond motifs is 1. The summed E-state index contributed by atoms with van der Waals surface area (Å²) in [4.78, 5) is 7.14. The van der Waals surface area contributed by atoms with Gasteiger partial charge in [-0.05, 0) is 82.4 Å². The van der Waals surface area contributed by atoms with Gasteiger partial charge in [0.2, 0.25) is 5.89 Å². The molecule has 0 spiro atoms. The SMILES string of the molecule is c1ccc(-c2ccc(N(c3cccc(-c4ccccc4)c3)c3cccc(-c4cccc5nc(-c6ccccc6)oc45)c3)cc2)cc1. The van der Waals surface area contributed by atoms with E-state index < -0.39 is 0 Å². The largest absolute Gasteiger partial charge is 0.435 e. The van der Waals surface area contributed by atoms with Gasteiger partial charge in [0.05, 0.1) is 0 Å². The summed E-state index contributed by atoms with van der Waals surface area (Å²) in [5, 5.41) is 0. The molecule has 0 aliphatic heterocycles. The fraction of sp³-hybridized carbons (Fsp3) is 0. The number of aromatic nitrogens is 1. The van der Waals surface area contributed by atoms with Gasteiger partial charge in [-0.3, -0.25) is 0 Å². The van der Waals surface area contributed by atoms with E-state index in [-0.39, 0.29) is 0 Å². The van der Waals surface area contributed by atoms with Crippen molar-refractivity contribution in [3.63, 3.8) is 0 Å². The molecule has 3 heteroatoms. The van der Waals surface area contributed by atoms with Crippen LogP contribution in [0.5, 0.6) is 0 Å². The first-order valence-corrected chi connectivity index (χ1v) is 15.5. The van der Waals surface area contributed by atoms with Crippen LogP contribution in [0.4, 0.5) is 17.1 Å². The third-order valence-corrected chi connectivity index (χ3v) is 8.30. The van der Waals surface area contributed by atoms with Crippen LogP contribution in [0.25, 0.3) is 55.9 Å². The molecule has 7 aromatic carbocycles. The van der Waals surface area contributed by atoms with E-state index in [0.29, 0.717) is 5.89 Å². The molecule has 1 aromatic heterocycles. The summed E-state index contributed by atoms with van der Waals surface area (Å²) in [6.45, 7) is 0. The zero-order valence-corrected chi connectivity index (χ0v) is 25.1. The van der Waals surface area contributed by atoms with E-state index in [9.17, 15) is 0 Å². The molecule has 0 radical (unpaired) electrons. The van der Waals surface area contributed by atoms with E-state index in [4.69, 9.17) is 9.40 Å². The standard InChI is InChI=1S/C43H30N2O/c1-4-13-31(14-5-1)33-25-27-37(28-26-33)45(38-21-10-19-35(29-38)32-15-6-2-7-16-32)39-22-11-20-36(30-39)40-23-12-24-41-42(40)46-43(44-41)34-17-8-3-9-18-34/h1-30H. The van der Waals surface area contributed by atoms with E-state index in [2.05, 4.69) is 138 Å². The Balaban J connectivity index is 1.25. The van der Waals surface area contributed by atoms with Crippen molar-refractivity contribution in [2.45, 2.75) is 0 Å². The molecule has 3 nitrogen and oxygen atoms in total. The van der Waals surface area contributed by atoms with Gasteiger partial charge < -0.3 is 9.32 Å². The summed E-state index contributed by atoms with van der Waals surface area (Å²) in [5.74, 6) is 0.622. The van der Waals surface area contributed by atoms with Crippen molar-refractivity contribution in [3.8, 4) is 44.8 Å². The summed E-state index contributed by atoms with van der Waals surface area (Å²) in [6.07, 6.45) is 0. The minimum atomic E-state index is 0.622. The number of hydrogen-bond donors (Lipinski definition) is 0. The first-order valence-electron chi connectivity index (χ1n) is 15.5. The summed E-state index contributed by atoms with van der Waals surface area (Å²) < 4.78 is 6.40. The fourth-order valence-corrected chi connectivity index (χ4v) is 6.03. The quantitative estimate of drug-likeness (QED) is 0.185. The second-order valence-electron chi connectivity index (χ2n) is 11.3. The van der Waals surface area contributed by atoms with Gasteiger partial charge in [0.25, 0.3) is 0 Å². The predicted octanol–water partition coefficient (Wildman–Crippen LogP) is 12.0. The molecule has 0 saturated heterocycles. The highest BCUT2D eigenvalue weighted by Crippen LogP contribution is 2.40. The molecule has 0 aliphatic rings. The molecule has 8 rings (SSSR count). The molecule has 0 aliphatic carbocycles. The summed E-state index contributed by atoms with van der Waals surface area (Å²) in [6, 6.07) is 63.4. The van der Waals surface area contributed by atoms with E-state index in [1.165, 1.54) is 22.3 Å². The zero-order chi connectivity index (χ0) is 30.7. The Bertz CT molecular complexity index is 2240. The highest BCUT2D eigenvalue weighted by atomic mass is 16.3. The first kappa shape index (κ1) is 27.4. The number of para-hydroxylation sites is 1. The number of oxazole rings is 1. The molecular weight excluding hydrogens is 560 g/mol. The number of rotatable bonds is 7. The minimum Gasteiger partial charge on any atom is -0.435 e. The van der Waals surface area contributed by atoms with Gasteiger partial charge in [0.15, 0.2) is 5.58 Å². The Labute approximate surface area is 268 Å². The van der Waals surface area contributed by atoms with Crippen molar-refractivity contribution in [2.24, 2.45) is 0 Å². The van der Waals surface area contributed by atoms with Crippen LogP contribution < -0.4 is 4.90 Å². The zero-order valence-electron chi connectivity index (χ0n) is 25.1. The van der Waals surface area contributed by atoms with Crippen LogP contribution in [0.2, 0.25) is 0 Å². The van der Waals surface area contributed by atoms with E-state index in [0.717, 1.165) is 44.9 Å². The fourth-order valence-electron chi connectivity index (χ4n) is 6.03. The van der Waals surface area contributed by atoms with Crippen LogP contribution in [0.15, 0.2) is 186 Å². The monoisotopic (exact) mass is 590 g/mol. The number of anilines is 3. The summed E-state index contributed by atoms with van der Waals surface area (Å²) >= 11 is 0. The van der Waals surface area contributed by atoms with Gasteiger partial charge in [0, 0.05) is 28.2 Å². The molecule has 0 unspecified atom stereocenters. The number of nitrogens with zero attached hydrogens (tertiary/aromatic N) is 2. The molecule has 0 fully saturated rings. The maximum Gasteiger partial charge on any atom is 0.227 e.